The number of ether oxygens (including phenoxy) is 1. The van der Waals surface area contributed by atoms with Gasteiger partial charge in [0.25, 0.3) is 0 Å². The maximum absolute atomic E-state index is 12.6. The van der Waals surface area contributed by atoms with Crippen LogP contribution in [0, 0.1) is 0 Å². The molecule has 1 atom stereocenters. The summed E-state index contributed by atoms with van der Waals surface area (Å²) in [6, 6.07) is 11.3. The van der Waals surface area contributed by atoms with E-state index < -0.39 is 9.84 Å². The third-order valence-electron chi connectivity index (χ3n) is 4.71. The molecule has 1 aliphatic rings. The quantitative estimate of drug-likeness (QED) is 0.871. The fraction of sp³-hybridized carbons (Fsp3) is 0.450. The van der Waals surface area contributed by atoms with Crippen molar-refractivity contribution in [2.45, 2.75) is 39.5 Å². The summed E-state index contributed by atoms with van der Waals surface area (Å²) in [6.07, 6.45) is 0.0212. The first-order valence-corrected chi connectivity index (χ1v) is 11.0. The Bertz CT molecular complexity index is 940. The smallest absolute Gasteiger partial charge is 0.317 e. The molecule has 1 aliphatic heterocycles. The van der Waals surface area contributed by atoms with Gasteiger partial charge in [-0.25, -0.2) is 13.2 Å². The van der Waals surface area contributed by atoms with Crippen molar-refractivity contribution in [2.75, 3.05) is 18.1 Å². The molecule has 0 aliphatic carbocycles. The first-order chi connectivity index (χ1) is 12.8. The molecule has 27 heavy (non-hydrogen) atoms. The monoisotopic (exact) mass is 390 g/mol. The predicted molar refractivity (Wildman–Crippen MR) is 107 cm³/mol. The minimum atomic E-state index is -3.06. The van der Waals surface area contributed by atoms with Crippen LogP contribution in [0.25, 0.3) is 10.8 Å². The molecule has 1 unspecified atom stereocenters. The van der Waals surface area contributed by atoms with Crippen molar-refractivity contribution in [1.82, 2.24) is 10.2 Å². The largest absolute Gasteiger partial charge is 0.491 e. The Labute approximate surface area is 160 Å². The van der Waals surface area contributed by atoms with E-state index in [1.165, 1.54) is 0 Å². The van der Waals surface area contributed by atoms with Gasteiger partial charge in [-0.05, 0) is 37.6 Å². The Morgan fingerprint density at radius 3 is 2.70 bits per heavy atom. The summed E-state index contributed by atoms with van der Waals surface area (Å²) < 4.78 is 29.4. The Kier molecular flexibility index (Phi) is 5.60. The number of rotatable bonds is 4. The topological polar surface area (TPSA) is 75.7 Å². The van der Waals surface area contributed by atoms with Gasteiger partial charge in [0.1, 0.15) is 5.75 Å². The third kappa shape index (κ3) is 4.53. The number of amides is 2. The lowest BCUT2D eigenvalue weighted by Gasteiger charge is -2.33. The van der Waals surface area contributed by atoms with Gasteiger partial charge in [-0.3, -0.25) is 0 Å². The SMILES string of the molecule is CC(C)Oc1ccc2ccccc2c1CNC(=O)N1CCS(=O)(=O)CC1C. The highest BCUT2D eigenvalue weighted by Gasteiger charge is 2.31. The summed E-state index contributed by atoms with van der Waals surface area (Å²) in [5, 5.41) is 5.06. The molecule has 1 heterocycles. The minimum Gasteiger partial charge on any atom is -0.491 e. The lowest BCUT2D eigenvalue weighted by molar-refractivity contribution is 0.184. The Balaban J connectivity index is 1.80. The molecule has 146 valence electrons. The maximum atomic E-state index is 12.6. The molecule has 6 nitrogen and oxygen atoms in total. The number of hydrogen-bond donors (Lipinski definition) is 1. The molecule has 2 amide bonds. The fourth-order valence-electron chi connectivity index (χ4n) is 3.43. The lowest BCUT2D eigenvalue weighted by Crippen LogP contribution is -2.53. The highest BCUT2D eigenvalue weighted by atomic mass is 32.2. The summed E-state index contributed by atoms with van der Waals surface area (Å²) in [6.45, 7) is 6.24. The zero-order valence-electron chi connectivity index (χ0n) is 15.9. The number of carbonyl (C=O) groups excluding carboxylic acids is 1. The van der Waals surface area contributed by atoms with Crippen LogP contribution < -0.4 is 10.1 Å². The predicted octanol–water partition coefficient (Wildman–Crippen LogP) is 2.96. The average molecular weight is 391 g/mol. The Morgan fingerprint density at radius 2 is 2.00 bits per heavy atom. The molecule has 2 aromatic rings. The van der Waals surface area contributed by atoms with Crippen molar-refractivity contribution in [3.8, 4) is 5.75 Å². The molecule has 3 rings (SSSR count). The standard InChI is InChI=1S/C20H26N2O4S/c1-14(2)26-19-9-8-16-6-4-5-7-17(16)18(19)12-21-20(23)22-10-11-27(24,25)13-15(22)3/h4-9,14-15H,10-13H2,1-3H3,(H,21,23). The molecule has 1 N–H and O–H groups in total. The summed E-state index contributed by atoms with van der Waals surface area (Å²) >= 11 is 0. The second kappa shape index (κ2) is 7.76. The van der Waals surface area contributed by atoms with Gasteiger partial charge in [0.05, 0.1) is 17.6 Å². The van der Waals surface area contributed by atoms with Crippen molar-refractivity contribution in [3.63, 3.8) is 0 Å². The van der Waals surface area contributed by atoms with Crippen molar-refractivity contribution in [2.24, 2.45) is 0 Å². The molecule has 0 spiro atoms. The van der Waals surface area contributed by atoms with Crippen molar-refractivity contribution in [1.29, 1.82) is 0 Å². The second-order valence-electron chi connectivity index (χ2n) is 7.25. The Hall–Kier alpha value is -2.28. The molecule has 7 heteroatoms. The van der Waals surface area contributed by atoms with Gasteiger partial charge in [0.2, 0.25) is 0 Å². The van der Waals surface area contributed by atoms with Gasteiger partial charge in [-0.1, -0.05) is 30.3 Å². The number of nitrogens with zero attached hydrogens (tertiary/aromatic N) is 1. The zero-order valence-corrected chi connectivity index (χ0v) is 16.8. The molecule has 1 fully saturated rings. The van der Waals surface area contributed by atoms with Crippen LogP contribution in [0.1, 0.15) is 26.3 Å². The van der Waals surface area contributed by atoms with E-state index in [1.807, 2.05) is 50.2 Å². The van der Waals surface area contributed by atoms with Crippen LogP contribution in [0.5, 0.6) is 5.75 Å². The van der Waals surface area contributed by atoms with E-state index in [9.17, 15) is 13.2 Å². The average Bonchev–Trinajstić information content (AvgIpc) is 2.59. The number of sulfone groups is 1. The Morgan fingerprint density at radius 1 is 1.26 bits per heavy atom. The van der Waals surface area contributed by atoms with Crippen LogP contribution in [-0.2, 0) is 16.4 Å². The van der Waals surface area contributed by atoms with Gasteiger partial charge in [0, 0.05) is 24.7 Å². The van der Waals surface area contributed by atoms with Crippen LogP contribution in [0.2, 0.25) is 0 Å². The summed E-state index contributed by atoms with van der Waals surface area (Å²) in [5.74, 6) is 0.773. The van der Waals surface area contributed by atoms with Crippen LogP contribution in [0.15, 0.2) is 36.4 Å². The van der Waals surface area contributed by atoms with Crippen molar-refractivity contribution >= 4 is 26.6 Å². The minimum absolute atomic E-state index is 0.0103. The van der Waals surface area contributed by atoms with E-state index in [4.69, 9.17) is 4.74 Å². The van der Waals surface area contributed by atoms with Gasteiger partial charge in [-0.15, -0.1) is 0 Å². The van der Waals surface area contributed by atoms with E-state index in [0.717, 1.165) is 22.1 Å². The molecule has 0 aromatic heterocycles. The van der Waals surface area contributed by atoms with E-state index in [2.05, 4.69) is 5.32 Å². The molecule has 2 aromatic carbocycles. The normalized spacial score (nSPS) is 19.3. The molecule has 1 saturated heterocycles. The summed E-state index contributed by atoms with van der Waals surface area (Å²) in [7, 11) is -3.06. The molecule has 0 radical (unpaired) electrons. The summed E-state index contributed by atoms with van der Waals surface area (Å²) in [4.78, 5) is 14.2. The van der Waals surface area contributed by atoms with Crippen LogP contribution in [0.3, 0.4) is 0 Å². The van der Waals surface area contributed by atoms with Crippen molar-refractivity contribution in [3.05, 3.63) is 42.0 Å². The number of nitrogens with one attached hydrogen (secondary N) is 1. The van der Waals surface area contributed by atoms with Crippen LogP contribution in [0.4, 0.5) is 4.79 Å². The molecule has 0 saturated carbocycles. The number of fused-ring (bicyclic) bond motifs is 1. The fourth-order valence-corrected chi connectivity index (χ4v) is 4.98. The zero-order chi connectivity index (χ0) is 19.6. The second-order valence-corrected chi connectivity index (χ2v) is 9.47. The number of urea groups is 1. The van der Waals surface area contributed by atoms with E-state index >= 15 is 0 Å². The highest BCUT2D eigenvalue weighted by Crippen LogP contribution is 2.29. The van der Waals surface area contributed by atoms with Gasteiger partial charge in [-0.2, -0.15) is 0 Å². The first kappa shape index (κ1) is 19.5. The van der Waals surface area contributed by atoms with Gasteiger partial charge >= 0.3 is 6.03 Å². The van der Waals surface area contributed by atoms with Crippen molar-refractivity contribution < 1.29 is 17.9 Å². The first-order valence-electron chi connectivity index (χ1n) is 9.19. The summed E-state index contributed by atoms with van der Waals surface area (Å²) in [5.41, 5.74) is 0.924. The van der Waals surface area contributed by atoms with E-state index in [1.54, 1.807) is 11.8 Å². The number of benzene rings is 2. The van der Waals surface area contributed by atoms with Crippen LogP contribution >= 0.6 is 0 Å². The van der Waals surface area contributed by atoms with E-state index in [-0.39, 0.29) is 36.2 Å². The highest BCUT2D eigenvalue weighted by molar-refractivity contribution is 7.91. The number of carbonyl (C=O) groups is 1. The van der Waals surface area contributed by atoms with E-state index in [0.29, 0.717) is 6.54 Å². The lowest BCUT2D eigenvalue weighted by atomic mass is 10.0. The van der Waals surface area contributed by atoms with Gasteiger partial charge in [0.15, 0.2) is 9.84 Å². The molecular weight excluding hydrogens is 364 g/mol. The maximum Gasteiger partial charge on any atom is 0.317 e. The third-order valence-corrected chi connectivity index (χ3v) is 6.50. The molecule has 0 bridgehead atoms. The molecular formula is C20H26N2O4S. The number of hydrogen-bond acceptors (Lipinski definition) is 4. The van der Waals surface area contributed by atoms with Gasteiger partial charge < -0.3 is 15.0 Å². The van der Waals surface area contributed by atoms with Crippen LogP contribution in [-0.4, -0.2) is 49.5 Å².